The Hall–Kier alpha value is -0.610. The molecule has 1 aliphatic heterocycles. The van der Waals surface area contributed by atoms with Crippen LogP contribution in [0.5, 0.6) is 0 Å². The lowest BCUT2D eigenvalue weighted by atomic mass is 10.4. The molecule has 0 aromatic heterocycles. The predicted molar refractivity (Wildman–Crippen MR) is 31.3 cm³/mol. The number of rotatable bonds is 2. The lowest BCUT2D eigenvalue weighted by Gasteiger charge is -2.04. The highest BCUT2D eigenvalue weighted by atomic mass is 16.5. The molecule has 1 atom stereocenters. The van der Waals surface area contributed by atoms with Gasteiger partial charge in [0, 0.05) is 0 Å². The Balaban J connectivity index is 2.40. The summed E-state index contributed by atoms with van der Waals surface area (Å²) in [6.07, 6.45) is -0.924. The van der Waals surface area contributed by atoms with Gasteiger partial charge in [0.1, 0.15) is 6.61 Å². The van der Waals surface area contributed by atoms with Gasteiger partial charge in [0.15, 0.2) is 6.10 Å². The molecule has 9 heavy (non-hydrogen) atoms. The Morgan fingerprint density at radius 2 is 2.56 bits per heavy atom. The first-order chi connectivity index (χ1) is 4.34. The van der Waals surface area contributed by atoms with Crippen LogP contribution in [0.15, 0.2) is 4.99 Å². The fourth-order valence-corrected chi connectivity index (χ4v) is 0.631. The van der Waals surface area contributed by atoms with Crippen molar-refractivity contribution in [1.29, 1.82) is 0 Å². The largest absolute Gasteiger partial charge is 0.477 e. The number of ether oxygens (including phenoxy) is 1. The molecule has 0 fully saturated rings. The zero-order chi connectivity index (χ0) is 6.69. The Bertz CT molecular complexity index is 123. The van der Waals surface area contributed by atoms with E-state index in [-0.39, 0.29) is 12.5 Å². The van der Waals surface area contributed by atoms with E-state index in [1.807, 2.05) is 0 Å². The molecule has 0 saturated heterocycles. The second-order valence-electron chi connectivity index (χ2n) is 1.77. The monoisotopic (exact) mass is 131 g/mol. The van der Waals surface area contributed by atoms with Crippen LogP contribution in [-0.4, -0.2) is 42.0 Å². The SMILES string of the molecule is OCC(O)C1=NCCO1. The Morgan fingerprint density at radius 1 is 1.78 bits per heavy atom. The third kappa shape index (κ3) is 1.40. The van der Waals surface area contributed by atoms with Crippen LogP contribution in [0.2, 0.25) is 0 Å². The Labute approximate surface area is 52.8 Å². The fourth-order valence-electron chi connectivity index (χ4n) is 0.631. The molecule has 4 nitrogen and oxygen atoms in total. The van der Waals surface area contributed by atoms with Crippen LogP contribution >= 0.6 is 0 Å². The summed E-state index contributed by atoms with van der Waals surface area (Å²) < 4.78 is 4.85. The Kier molecular flexibility index (Phi) is 2.02. The number of aliphatic hydroxyl groups excluding tert-OH is 2. The van der Waals surface area contributed by atoms with Crippen LogP contribution in [-0.2, 0) is 4.74 Å². The summed E-state index contributed by atoms with van der Waals surface area (Å²) >= 11 is 0. The summed E-state index contributed by atoms with van der Waals surface area (Å²) in [5, 5.41) is 17.2. The molecule has 0 bridgehead atoms. The molecular weight excluding hydrogens is 122 g/mol. The molecule has 1 heterocycles. The van der Waals surface area contributed by atoms with E-state index >= 15 is 0 Å². The quantitative estimate of drug-likeness (QED) is 0.493. The van der Waals surface area contributed by atoms with Crippen LogP contribution in [0.1, 0.15) is 0 Å². The van der Waals surface area contributed by atoms with Crippen molar-refractivity contribution in [2.45, 2.75) is 6.10 Å². The van der Waals surface area contributed by atoms with Gasteiger partial charge < -0.3 is 14.9 Å². The van der Waals surface area contributed by atoms with Crippen LogP contribution < -0.4 is 0 Å². The van der Waals surface area contributed by atoms with E-state index < -0.39 is 6.10 Å². The van der Waals surface area contributed by atoms with Crippen molar-refractivity contribution in [3.8, 4) is 0 Å². The van der Waals surface area contributed by atoms with Gasteiger partial charge in [-0.15, -0.1) is 0 Å². The molecule has 0 aliphatic carbocycles. The van der Waals surface area contributed by atoms with Gasteiger partial charge in [0.25, 0.3) is 0 Å². The topological polar surface area (TPSA) is 62.0 Å². The molecule has 1 unspecified atom stereocenters. The average Bonchev–Trinajstić information content (AvgIpc) is 2.37. The van der Waals surface area contributed by atoms with Crippen LogP contribution in [0, 0.1) is 0 Å². The van der Waals surface area contributed by atoms with Crippen molar-refractivity contribution in [2.75, 3.05) is 19.8 Å². The molecule has 4 heteroatoms. The maximum Gasteiger partial charge on any atom is 0.215 e. The number of aliphatic hydroxyl groups is 2. The van der Waals surface area contributed by atoms with E-state index in [0.29, 0.717) is 13.2 Å². The number of aliphatic imine (C=N–C) groups is 1. The van der Waals surface area contributed by atoms with Crippen molar-refractivity contribution in [3.05, 3.63) is 0 Å². The zero-order valence-electron chi connectivity index (χ0n) is 4.95. The summed E-state index contributed by atoms with van der Waals surface area (Å²) in [6.45, 7) is 0.789. The minimum absolute atomic E-state index is 0.262. The summed E-state index contributed by atoms with van der Waals surface area (Å²) in [5.74, 6) is 0.262. The van der Waals surface area contributed by atoms with E-state index in [2.05, 4.69) is 4.99 Å². The lowest BCUT2D eigenvalue weighted by molar-refractivity contribution is 0.124. The molecule has 52 valence electrons. The maximum atomic E-state index is 8.85. The first-order valence-corrected chi connectivity index (χ1v) is 2.80. The van der Waals surface area contributed by atoms with Crippen molar-refractivity contribution < 1.29 is 14.9 Å². The van der Waals surface area contributed by atoms with Gasteiger partial charge in [0.05, 0.1) is 13.2 Å². The first kappa shape index (κ1) is 6.51. The first-order valence-electron chi connectivity index (χ1n) is 2.80. The van der Waals surface area contributed by atoms with E-state index in [0.717, 1.165) is 0 Å². The molecule has 0 spiro atoms. The highest BCUT2D eigenvalue weighted by Crippen LogP contribution is 1.97. The molecule has 0 aromatic carbocycles. The molecule has 2 N–H and O–H groups in total. The van der Waals surface area contributed by atoms with E-state index in [1.54, 1.807) is 0 Å². The smallest absolute Gasteiger partial charge is 0.215 e. The zero-order valence-corrected chi connectivity index (χ0v) is 4.95. The van der Waals surface area contributed by atoms with Crippen molar-refractivity contribution in [2.24, 2.45) is 4.99 Å². The highest BCUT2D eigenvalue weighted by molar-refractivity contribution is 5.81. The van der Waals surface area contributed by atoms with Gasteiger partial charge in [-0.2, -0.15) is 0 Å². The summed E-state index contributed by atoms with van der Waals surface area (Å²) in [5.41, 5.74) is 0. The number of hydrogen-bond acceptors (Lipinski definition) is 4. The van der Waals surface area contributed by atoms with Crippen molar-refractivity contribution >= 4 is 5.90 Å². The summed E-state index contributed by atoms with van der Waals surface area (Å²) in [4.78, 5) is 3.79. The highest BCUT2D eigenvalue weighted by Gasteiger charge is 2.15. The van der Waals surface area contributed by atoms with Crippen LogP contribution in [0.4, 0.5) is 0 Å². The average molecular weight is 131 g/mol. The molecule has 1 aliphatic rings. The lowest BCUT2D eigenvalue weighted by Crippen LogP contribution is -2.24. The third-order valence-electron chi connectivity index (χ3n) is 1.07. The molecule has 0 aromatic rings. The molecule has 0 amide bonds. The second kappa shape index (κ2) is 2.80. The minimum Gasteiger partial charge on any atom is -0.477 e. The summed E-state index contributed by atoms with van der Waals surface area (Å²) in [7, 11) is 0. The third-order valence-corrected chi connectivity index (χ3v) is 1.07. The Morgan fingerprint density at radius 3 is 3.00 bits per heavy atom. The fraction of sp³-hybridized carbons (Fsp3) is 0.800. The maximum absolute atomic E-state index is 8.85. The van der Waals surface area contributed by atoms with E-state index in [4.69, 9.17) is 14.9 Å². The van der Waals surface area contributed by atoms with Gasteiger partial charge in [-0.3, -0.25) is 0 Å². The van der Waals surface area contributed by atoms with Gasteiger partial charge in [-0.25, -0.2) is 4.99 Å². The standard InChI is InChI=1S/C5H9NO3/c7-3-4(8)5-6-1-2-9-5/h4,7-8H,1-3H2. The van der Waals surface area contributed by atoms with E-state index in [9.17, 15) is 0 Å². The van der Waals surface area contributed by atoms with Gasteiger partial charge in [-0.1, -0.05) is 0 Å². The molecule has 1 rings (SSSR count). The second-order valence-corrected chi connectivity index (χ2v) is 1.77. The van der Waals surface area contributed by atoms with Gasteiger partial charge in [0.2, 0.25) is 5.90 Å². The normalized spacial score (nSPS) is 20.9. The number of hydrogen-bond donors (Lipinski definition) is 2. The molecular formula is C5H9NO3. The van der Waals surface area contributed by atoms with Gasteiger partial charge in [-0.05, 0) is 0 Å². The van der Waals surface area contributed by atoms with Crippen molar-refractivity contribution in [1.82, 2.24) is 0 Å². The minimum atomic E-state index is -0.924. The van der Waals surface area contributed by atoms with Crippen molar-refractivity contribution in [3.63, 3.8) is 0 Å². The van der Waals surface area contributed by atoms with Crippen LogP contribution in [0.25, 0.3) is 0 Å². The van der Waals surface area contributed by atoms with E-state index in [1.165, 1.54) is 0 Å². The van der Waals surface area contributed by atoms with Crippen LogP contribution in [0.3, 0.4) is 0 Å². The molecule has 0 radical (unpaired) electrons. The predicted octanol–water partition coefficient (Wildman–Crippen LogP) is -1.23. The van der Waals surface area contributed by atoms with Gasteiger partial charge >= 0.3 is 0 Å². The molecule has 0 saturated carbocycles. The summed E-state index contributed by atoms with van der Waals surface area (Å²) in [6, 6.07) is 0. The number of nitrogens with zero attached hydrogens (tertiary/aromatic N) is 1.